The SMILES string of the molecule is COC(=O)[C@@]12CC=C(OCc3ccccc3)[C@H]([C@H](OCc3ccccc3)[C@@H](COCc3ccccc3)OC)[C@H]1C(=O)CC[C@@H]2OC(C)=O. The summed E-state index contributed by atoms with van der Waals surface area (Å²) >= 11 is 0. The maximum Gasteiger partial charge on any atom is 0.316 e. The number of allylic oxidation sites excluding steroid dienone is 1. The molecule has 3 aromatic carbocycles. The van der Waals surface area contributed by atoms with Crippen molar-refractivity contribution in [3.8, 4) is 0 Å². The number of esters is 2. The van der Waals surface area contributed by atoms with Crippen LogP contribution in [0, 0.1) is 17.3 Å². The Balaban J connectivity index is 1.58. The lowest BCUT2D eigenvalue weighted by atomic mass is 9.54. The molecular formula is C39H44O9. The summed E-state index contributed by atoms with van der Waals surface area (Å²) in [6, 6.07) is 29.2. The van der Waals surface area contributed by atoms with E-state index in [4.69, 9.17) is 28.4 Å². The van der Waals surface area contributed by atoms with E-state index in [-0.39, 0.29) is 44.9 Å². The molecule has 9 nitrogen and oxygen atoms in total. The fourth-order valence-electron chi connectivity index (χ4n) is 7.04. The van der Waals surface area contributed by atoms with E-state index >= 15 is 0 Å². The lowest BCUT2D eigenvalue weighted by Crippen LogP contribution is -2.62. The molecule has 0 bridgehead atoms. The molecule has 0 radical (unpaired) electrons. The number of ether oxygens (including phenoxy) is 6. The van der Waals surface area contributed by atoms with Crippen molar-refractivity contribution in [2.24, 2.45) is 17.3 Å². The molecule has 3 aromatic rings. The van der Waals surface area contributed by atoms with Crippen molar-refractivity contribution in [1.82, 2.24) is 0 Å². The molecule has 254 valence electrons. The van der Waals surface area contributed by atoms with Crippen molar-refractivity contribution in [1.29, 1.82) is 0 Å². The van der Waals surface area contributed by atoms with E-state index in [2.05, 4.69) is 0 Å². The number of Topliss-reactive ketones (excluding diaryl/α,β-unsaturated/α-hetero) is 1. The van der Waals surface area contributed by atoms with E-state index in [1.54, 1.807) is 7.11 Å². The molecule has 0 N–H and O–H groups in total. The van der Waals surface area contributed by atoms with Gasteiger partial charge in [-0.05, 0) is 35.6 Å². The van der Waals surface area contributed by atoms with E-state index in [0.717, 1.165) is 16.7 Å². The molecule has 1 fully saturated rings. The van der Waals surface area contributed by atoms with Gasteiger partial charge >= 0.3 is 11.9 Å². The number of methoxy groups -OCH3 is 2. The first-order chi connectivity index (χ1) is 23.4. The number of hydrogen-bond acceptors (Lipinski definition) is 9. The molecule has 0 aromatic heterocycles. The van der Waals surface area contributed by atoms with Gasteiger partial charge in [-0.25, -0.2) is 0 Å². The largest absolute Gasteiger partial charge is 0.493 e. The van der Waals surface area contributed by atoms with Crippen LogP contribution in [0.5, 0.6) is 0 Å². The minimum atomic E-state index is -1.49. The van der Waals surface area contributed by atoms with Crippen LogP contribution < -0.4 is 0 Å². The average molecular weight is 657 g/mol. The molecule has 0 saturated heterocycles. The van der Waals surface area contributed by atoms with Crippen molar-refractivity contribution in [3.63, 3.8) is 0 Å². The number of hydrogen-bond donors (Lipinski definition) is 0. The van der Waals surface area contributed by atoms with Crippen molar-refractivity contribution < 1.29 is 42.8 Å². The van der Waals surface area contributed by atoms with Gasteiger partial charge in [-0.2, -0.15) is 0 Å². The second kappa shape index (κ2) is 16.7. The van der Waals surface area contributed by atoms with Crippen LogP contribution >= 0.6 is 0 Å². The van der Waals surface area contributed by atoms with Gasteiger partial charge in [0, 0.05) is 20.5 Å². The second-order valence-electron chi connectivity index (χ2n) is 12.3. The van der Waals surface area contributed by atoms with E-state index in [1.165, 1.54) is 14.0 Å². The Hall–Kier alpha value is -4.31. The van der Waals surface area contributed by atoms with Gasteiger partial charge in [0.25, 0.3) is 0 Å². The van der Waals surface area contributed by atoms with E-state index < -0.39 is 47.5 Å². The highest BCUT2D eigenvalue weighted by Crippen LogP contribution is 2.55. The quantitative estimate of drug-likeness (QED) is 0.182. The average Bonchev–Trinajstić information content (AvgIpc) is 3.12. The summed E-state index contributed by atoms with van der Waals surface area (Å²) < 4.78 is 36.7. The molecule has 0 heterocycles. The van der Waals surface area contributed by atoms with Crippen LogP contribution in [0.2, 0.25) is 0 Å². The first-order valence-corrected chi connectivity index (χ1v) is 16.3. The molecule has 0 spiro atoms. The fourth-order valence-corrected chi connectivity index (χ4v) is 7.04. The van der Waals surface area contributed by atoms with Crippen LogP contribution in [-0.2, 0) is 62.6 Å². The summed E-state index contributed by atoms with van der Waals surface area (Å²) in [5.41, 5.74) is 1.36. The molecule has 0 amide bonds. The van der Waals surface area contributed by atoms with Crippen molar-refractivity contribution in [3.05, 3.63) is 120 Å². The van der Waals surface area contributed by atoms with E-state index in [0.29, 0.717) is 12.4 Å². The number of ketones is 1. The molecule has 2 aliphatic rings. The van der Waals surface area contributed by atoms with Crippen LogP contribution in [0.15, 0.2) is 103 Å². The minimum absolute atomic E-state index is 0.0855. The molecule has 9 heteroatoms. The Kier molecular flexibility index (Phi) is 12.2. The smallest absolute Gasteiger partial charge is 0.316 e. The van der Waals surface area contributed by atoms with Crippen LogP contribution in [0.4, 0.5) is 0 Å². The van der Waals surface area contributed by atoms with Crippen molar-refractivity contribution in [2.75, 3.05) is 20.8 Å². The van der Waals surface area contributed by atoms with Gasteiger partial charge in [-0.15, -0.1) is 0 Å². The first kappa shape index (κ1) is 35.0. The van der Waals surface area contributed by atoms with Gasteiger partial charge in [-0.3, -0.25) is 14.4 Å². The maximum atomic E-state index is 14.2. The Morgan fingerprint density at radius 1 is 0.833 bits per heavy atom. The summed E-state index contributed by atoms with van der Waals surface area (Å²) in [5, 5.41) is 0. The second-order valence-corrected chi connectivity index (χ2v) is 12.3. The standard InChI is InChI=1S/C39H44O9/c1-27(40)48-34-20-19-31(41)36-35(32(21-22-39(34,36)38(42)44-3)46-24-29-15-9-5-10-16-29)37(47-25-30-17-11-6-12-18-30)33(43-2)26-45-23-28-13-7-4-8-14-28/h4-18,21,33-37H,19-20,22-26H2,1-3H3/t33-,34+,35+,36-,37-,39-/m1/s1. The minimum Gasteiger partial charge on any atom is -0.493 e. The number of rotatable bonds is 15. The monoisotopic (exact) mass is 656 g/mol. The molecule has 0 unspecified atom stereocenters. The van der Waals surface area contributed by atoms with Crippen LogP contribution in [0.3, 0.4) is 0 Å². The summed E-state index contributed by atoms with van der Waals surface area (Å²) in [6.07, 6.45) is -0.158. The lowest BCUT2D eigenvalue weighted by Gasteiger charge is -2.52. The molecular weight excluding hydrogens is 612 g/mol. The van der Waals surface area contributed by atoms with Gasteiger partial charge in [0.2, 0.25) is 0 Å². The predicted molar refractivity (Wildman–Crippen MR) is 177 cm³/mol. The third-order valence-corrected chi connectivity index (χ3v) is 9.28. The predicted octanol–water partition coefficient (Wildman–Crippen LogP) is 5.99. The normalized spacial score (nSPS) is 23.3. The van der Waals surface area contributed by atoms with Crippen LogP contribution in [0.1, 0.15) is 42.9 Å². The highest BCUT2D eigenvalue weighted by atomic mass is 16.6. The molecule has 48 heavy (non-hydrogen) atoms. The molecule has 5 rings (SSSR count). The van der Waals surface area contributed by atoms with Gasteiger partial charge in [-0.1, -0.05) is 91.0 Å². The fraction of sp³-hybridized carbons (Fsp3) is 0.410. The third kappa shape index (κ3) is 8.03. The van der Waals surface area contributed by atoms with Crippen LogP contribution in [0.25, 0.3) is 0 Å². The van der Waals surface area contributed by atoms with Gasteiger partial charge in [0.15, 0.2) is 0 Å². The highest BCUT2D eigenvalue weighted by Gasteiger charge is 2.65. The lowest BCUT2D eigenvalue weighted by molar-refractivity contribution is -0.198. The Morgan fingerprint density at radius 3 is 1.98 bits per heavy atom. The zero-order chi connectivity index (χ0) is 33.9. The van der Waals surface area contributed by atoms with Crippen molar-refractivity contribution >= 4 is 17.7 Å². The molecule has 2 aliphatic carbocycles. The maximum absolute atomic E-state index is 14.2. The topological polar surface area (TPSA) is 107 Å². The van der Waals surface area contributed by atoms with Gasteiger partial charge in [0.05, 0.1) is 50.6 Å². The van der Waals surface area contributed by atoms with Crippen molar-refractivity contribution in [2.45, 2.75) is 64.3 Å². The number of carbonyl (C=O) groups excluding carboxylic acids is 3. The zero-order valence-corrected chi connectivity index (χ0v) is 27.7. The van der Waals surface area contributed by atoms with Gasteiger partial charge < -0.3 is 28.4 Å². The number of benzene rings is 3. The van der Waals surface area contributed by atoms with Gasteiger partial charge in [0.1, 0.15) is 30.0 Å². The summed E-state index contributed by atoms with van der Waals surface area (Å²) in [5.74, 6) is -2.61. The summed E-state index contributed by atoms with van der Waals surface area (Å²) in [6.45, 7) is 2.21. The molecule has 6 atom stereocenters. The Labute approximate surface area is 282 Å². The van der Waals surface area contributed by atoms with Crippen LogP contribution in [-0.4, -0.2) is 56.9 Å². The number of carbonyl (C=O) groups is 3. The summed E-state index contributed by atoms with van der Waals surface area (Å²) in [4.78, 5) is 40.5. The number of fused-ring (bicyclic) bond motifs is 1. The molecule has 1 saturated carbocycles. The van der Waals surface area contributed by atoms with E-state index in [9.17, 15) is 14.4 Å². The summed E-state index contributed by atoms with van der Waals surface area (Å²) in [7, 11) is 2.86. The molecule has 0 aliphatic heterocycles. The highest BCUT2D eigenvalue weighted by molar-refractivity contribution is 5.92. The third-order valence-electron chi connectivity index (χ3n) is 9.28. The Bertz CT molecular complexity index is 1520. The first-order valence-electron chi connectivity index (χ1n) is 16.3. The zero-order valence-electron chi connectivity index (χ0n) is 27.7. The Morgan fingerprint density at radius 2 is 1.42 bits per heavy atom. The van der Waals surface area contributed by atoms with E-state index in [1.807, 2.05) is 97.1 Å².